The van der Waals surface area contributed by atoms with Crippen LogP contribution in [0, 0.1) is 0 Å². The zero-order chi connectivity index (χ0) is 19.4. The van der Waals surface area contributed by atoms with Crippen LogP contribution in [0.2, 0.25) is 0 Å². The van der Waals surface area contributed by atoms with Crippen LogP contribution < -0.4 is 5.32 Å². The Morgan fingerprint density at radius 2 is 1.41 bits per heavy atom. The number of benzene rings is 2. The van der Waals surface area contributed by atoms with Crippen LogP contribution in [-0.4, -0.2) is 54.8 Å². The van der Waals surface area contributed by atoms with Crippen LogP contribution in [0.1, 0.15) is 46.0 Å². The number of nitrogens with one attached hydrogen (secondary N) is 1. The molecule has 5 nitrogen and oxygen atoms in total. The van der Waals surface area contributed by atoms with E-state index in [0.29, 0.717) is 22.7 Å². The standard InChI is InChI=1S/C22H27N3O2/c1-16(2)17-4-6-18(7-5-17)21(26)23-20-10-8-19(9-11-20)22(27)25-14-12-24(3)13-15-25/h4-11,16H,12-15H2,1-3H3,(H,23,26). The van der Waals surface area contributed by atoms with Gasteiger partial charge in [-0.05, 0) is 54.9 Å². The van der Waals surface area contributed by atoms with Crippen molar-refractivity contribution in [2.45, 2.75) is 19.8 Å². The lowest BCUT2D eigenvalue weighted by Gasteiger charge is -2.32. The van der Waals surface area contributed by atoms with Crippen molar-refractivity contribution in [2.24, 2.45) is 0 Å². The second-order valence-electron chi connectivity index (χ2n) is 7.40. The van der Waals surface area contributed by atoms with Gasteiger partial charge in [-0.2, -0.15) is 0 Å². The zero-order valence-corrected chi connectivity index (χ0v) is 16.2. The van der Waals surface area contributed by atoms with Gasteiger partial charge in [0, 0.05) is 43.0 Å². The van der Waals surface area contributed by atoms with Crippen LogP contribution in [0.4, 0.5) is 5.69 Å². The molecule has 0 aromatic heterocycles. The SMILES string of the molecule is CC(C)c1ccc(C(=O)Nc2ccc(C(=O)N3CCN(C)CC3)cc2)cc1. The molecule has 0 unspecified atom stereocenters. The van der Waals surface area contributed by atoms with E-state index in [1.54, 1.807) is 24.3 Å². The lowest BCUT2D eigenvalue weighted by molar-refractivity contribution is 0.0664. The fourth-order valence-electron chi connectivity index (χ4n) is 3.11. The summed E-state index contributed by atoms with van der Waals surface area (Å²) in [6, 6.07) is 14.8. The topological polar surface area (TPSA) is 52.7 Å². The first-order valence-electron chi connectivity index (χ1n) is 9.43. The van der Waals surface area contributed by atoms with Crippen molar-refractivity contribution in [2.75, 3.05) is 38.5 Å². The van der Waals surface area contributed by atoms with Gasteiger partial charge in [-0.15, -0.1) is 0 Å². The third-order valence-electron chi connectivity index (χ3n) is 5.02. The highest BCUT2D eigenvalue weighted by Crippen LogP contribution is 2.17. The van der Waals surface area contributed by atoms with Crippen LogP contribution >= 0.6 is 0 Å². The molecule has 0 spiro atoms. The number of carbonyl (C=O) groups is 2. The zero-order valence-electron chi connectivity index (χ0n) is 16.2. The summed E-state index contributed by atoms with van der Waals surface area (Å²) in [4.78, 5) is 29.1. The molecule has 1 aliphatic heterocycles. The summed E-state index contributed by atoms with van der Waals surface area (Å²) in [5.74, 6) is 0.334. The van der Waals surface area contributed by atoms with Gasteiger partial charge < -0.3 is 15.1 Å². The minimum absolute atomic E-state index is 0.0465. The largest absolute Gasteiger partial charge is 0.336 e. The molecule has 2 amide bonds. The lowest BCUT2D eigenvalue weighted by atomic mass is 10.0. The number of hydrogen-bond donors (Lipinski definition) is 1. The highest BCUT2D eigenvalue weighted by molar-refractivity contribution is 6.04. The molecule has 27 heavy (non-hydrogen) atoms. The Morgan fingerprint density at radius 3 is 1.96 bits per heavy atom. The van der Waals surface area contributed by atoms with E-state index >= 15 is 0 Å². The first-order valence-corrected chi connectivity index (χ1v) is 9.43. The molecule has 0 bridgehead atoms. The number of piperazine rings is 1. The normalized spacial score (nSPS) is 15.0. The van der Waals surface area contributed by atoms with Crippen molar-refractivity contribution in [1.82, 2.24) is 9.80 Å². The molecule has 1 saturated heterocycles. The van der Waals surface area contributed by atoms with Gasteiger partial charge in [-0.25, -0.2) is 0 Å². The highest BCUT2D eigenvalue weighted by Gasteiger charge is 2.20. The predicted octanol–water partition coefficient (Wildman–Crippen LogP) is 3.45. The maximum atomic E-state index is 12.6. The molecule has 2 aromatic carbocycles. The molecule has 5 heteroatoms. The van der Waals surface area contributed by atoms with E-state index in [9.17, 15) is 9.59 Å². The lowest BCUT2D eigenvalue weighted by Crippen LogP contribution is -2.47. The Labute approximate surface area is 161 Å². The molecule has 142 valence electrons. The number of amides is 2. The molecule has 1 aliphatic rings. The van der Waals surface area contributed by atoms with Gasteiger partial charge in [0.1, 0.15) is 0 Å². The molecule has 0 aliphatic carbocycles. The second kappa shape index (κ2) is 8.35. The van der Waals surface area contributed by atoms with Gasteiger partial charge in [0.2, 0.25) is 0 Å². The number of nitrogens with zero attached hydrogens (tertiary/aromatic N) is 2. The molecule has 0 atom stereocenters. The van der Waals surface area contributed by atoms with Crippen molar-refractivity contribution in [3.05, 3.63) is 65.2 Å². The number of carbonyl (C=O) groups excluding carboxylic acids is 2. The summed E-state index contributed by atoms with van der Waals surface area (Å²) in [5.41, 5.74) is 3.16. The Balaban J connectivity index is 1.61. The molecule has 1 fully saturated rings. The minimum Gasteiger partial charge on any atom is -0.336 e. The molecule has 3 rings (SSSR count). The van der Waals surface area contributed by atoms with Gasteiger partial charge in [0.05, 0.1) is 0 Å². The monoisotopic (exact) mass is 365 g/mol. The van der Waals surface area contributed by atoms with Crippen molar-refractivity contribution >= 4 is 17.5 Å². The average Bonchev–Trinajstić information content (AvgIpc) is 2.68. The van der Waals surface area contributed by atoms with Crippen molar-refractivity contribution in [3.63, 3.8) is 0 Å². The Kier molecular flexibility index (Phi) is 5.91. The number of anilines is 1. The average molecular weight is 365 g/mol. The van der Waals surface area contributed by atoms with Gasteiger partial charge >= 0.3 is 0 Å². The number of rotatable bonds is 4. The third-order valence-corrected chi connectivity index (χ3v) is 5.02. The van der Waals surface area contributed by atoms with E-state index in [1.165, 1.54) is 5.56 Å². The van der Waals surface area contributed by atoms with E-state index in [-0.39, 0.29) is 11.8 Å². The predicted molar refractivity (Wildman–Crippen MR) is 108 cm³/mol. The number of likely N-dealkylation sites (N-methyl/N-ethyl adjacent to an activating group) is 1. The first-order chi connectivity index (χ1) is 12.9. The maximum absolute atomic E-state index is 12.6. The van der Waals surface area contributed by atoms with E-state index < -0.39 is 0 Å². The second-order valence-corrected chi connectivity index (χ2v) is 7.40. The molecule has 0 saturated carbocycles. The van der Waals surface area contributed by atoms with Crippen molar-refractivity contribution < 1.29 is 9.59 Å². The quantitative estimate of drug-likeness (QED) is 0.903. The molecular formula is C22H27N3O2. The van der Waals surface area contributed by atoms with Crippen LogP contribution in [0.5, 0.6) is 0 Å². The highest BCUT2D eigenvalue weighted by atomic mass is 16.2. The summed E-state index contributed by atoms with van der Waals surface area (Å²) in [6.07, 6.45) is 0. The Hall–Kier alpha value is -2.66. The van der Waals surface area contributed by atoms with Crippen LogP contribution in [0.15, 0.2) is 48.5 Å². The third kappa shape index (κ3) is 4.74. The molecule has 2 aromatic rings. The van der Waals surface area contributed by atoms with Gasteiger partial charge in [-0.3, -0.25) is 9.59 Å². The Morgan fingerprint density at radius 1 is 0.852 bits per heavy atom. The Bertz CT molecular complexity index is 789. The fourth-order valence-corrected chi connectivity index (χ4v) is 3.11. The summed E-state index contributed by atoms with van der Waals surface area (Å²) in [7, 11) is 2.07. The van der Waals surface area contributed by atoms with E-state index in [1.807, 2.05) is 29.2 Å². The molecular weight excluding hydrogens is 338 g/mol. The van der Waals surface area contributed by atoms with E-state index in [0.717, 1.165) is 26.2 Å². The molecule has 0 radical (unpaired) electrons. The summed E-state index contributed by atoms with van der Waals surface area (Å²) in [6.45, 7) is 7.55. The first kappa shape index (κ1) is 19.1. The van der Waals surface area contributed by atoms with Crippen molar-refractivity contribution in [3.8, 4) is 0 Å². The van der Waals surface area contributed by atoms with E-state index in [4.69, 9.17) is 0 Å². The van der Waals surface area contributed by atoms with Gasteiger partial charge in [-0.1, -0.05) is 26.0 Å². The maximum Gasteiger partial charge on any atom is 0.255 e. The molecule has 1 N–H and O–H groups in total. The number of hydrogen-bond acceptors (Lipinski definition) is 3. The van der Waals surface area contributed by atoms with Crippen molar-refractivity contribution in [1.29, 1.82) is 0 Å². The summed E-state index contributed by atoms with van der Waals surface area (Å²) in [5, 5.41) is 2.89. The fraction of sp³-hybridized carbons (Fsp3) is 0.364. The van der Waals surface area contributed by atoms with Crippen LogP contribution in [0.3, 0.4) is 0 Å². The minimum atomic E-state index is -0.150. The van der Waals surface area contributed by atoms with Crippen LogP contribution in [0.25, 0.3) is 0 Å². The van der Waals surface area contributed by atoms with Gasteiger partial charge in [0.25, 0.3) is 11.8 Å². The van der Waals surface area contributed by atoms with Gasteiger partial charge in [0.15, 0.2) is 0 Å². The summed E-state index contributed by atoms with van der Waals surface area (Å²) >= 11 is 0. The van der Waals surface area contributed by atoms with E-state index in [2.05, 4.69) is 31.1 Å². The summed E-state index contributed by atoms with van der Waals surface area (Å²) < 4.78 is 0. The molecule has 1 heterocycles. The smallest absolute Gasteiger partial charge is 0.255 e. The van der Waals surface area contributed by atoms with Crippen LogP contribution in [-0.2, 0) is 0 Å².